The van der Waals surface area contributed by atoms with Crippen LogP contribution in [0.1, 0.15) is 49.0 Å². The Bertz CT molecular complexity index is 499. The van der Waals surface area contributed by atoms with E-state index in [0.29, 0.717) is 0 Å². The fourth-order valence-corrected chi connectivity index (χ4v) is 3.28. The van der Waals surface area contributed by atoms with Crippen LogP contribution in [0.25, 0.3) is 0 Å². The predicted octanol–water partition coefficient (Wildman–Crippen LogP) is 1.73. The number of fused-ring (bicyclic) bond motifs is 1. The van der Waals surface area contributed by atoms with E-state index in [-0.39, 0.29) is 5.60 Å². The molecule has 0 amide bonds. The molecule has 2 aliphatic heterocycles. The van der Waals surface area contributed by atoms with Crippen LogP contribution in [0.5, 0.6) is 0 Å². The van der Waals surface area contributed by atoms with Crippen LogP contribution in [0.4, 0.5) is 0 Å². The number of nitrogens with one attached hydrogen (secondary N) is 1. The van der Waals surface area contributed by atoms with Crippen molar-refractivity contribution >= 4 is 0 Å². The van der Waals surface area contributed by atoms with E-state index in [1.807, 2.05) is 0 Å². The summed E-state index contributed by atoms with van der Waals surface area (Å²) in [5.41, 5.74) is 3.36. The summed E-state index contributed by atoms with van der Waals surface area (Å²) in [7, 11) is 1.77. The topological polar surface area (TPSA) is 56.3 Å². The molecule has 0 radical (unpaired) electrons. The van der Waals surface area contributed by atoms with Gasteiger partial charge in [0.1, 0.15) is 5.60 Å². The molecule has 1 aromatic rings. The molecule has 21 heavy (non-hydrogen) atoms. The van der Waals surface area contributed by atoms with Crippen LogP contribution in [0.3, 0.4) is 0 Å². The highest BCUT2D eigenvalue weighted by Gasteiger charge is 2.38. The maximum absolute atomic E-state index is 5.87. The van der Waals surface area contributed by atoms with Crippen LogP contribution in [0.15, 0.2) is 0 Å². The average Bonchev–Trinajstić information content (AvgIpc) is 2.55. The van der Waals surface area contributed by atoms with Crippen molar-refractivity contribution in [2.45, 2.75) is 51.2 Å². The van der Waals surface area contributed by atoms with E-state index in [9.17, 15) is 0 Å². The van der Waals surface area contributed by atoms with Gasteiger partial charge in [-0.05, 0) is 6.42 Å². The fourth-order valence-electron chi connectivity index (χ4n) is 3.28. The normalized spacial score (nSPS) is 21.0. The Kier molecular flexibility index (Phi) is 4.52. The molecule has 0 unspecified atom stereocenters. The Morgan fingerprint density at radius 3 is 2.81 bits per heavy atom. The molecule has 2 aliphatic rings. The largest absolute Gasteiger partial charge is 0.381 e. The van der Waals surface area contributed by atoms with Crippen LogP contribution in [0.2, 0.25) is 0 Å². The second kappa shape index (κ2) is 6.38. The Morgan fingerprint density at radius 1 is 1.29 bits per heavy atom. The second-order valence-corrected chi connectivity index (χ2v) is 5.91. The van der Waals surface area contributed by atoms with E-state index in [0.717, 1.165) is 64.2 Å². The lowest BCUT2D eigenvalue weighted by Crippen LogP contribution is -2.39. The summed E-state index contributed by atoms with van der Waals surface area (Å²) in [5.74, 6) is 0.873. The molecule has 0 saturated carbocycles. The molecule has 3 rings (SSSR count). The summed E-state index contributed by atoms with van der Waals surface area (Å²) < 4.78 is 11.4. The molecule has 0 aromatic carbocycles. The Hall–Kier alpha value is -1.04. The summed E-state index contributed by atoms with van der Waals surface area (Å²) in [6, 6.07) is 0. The molecule has 0 spiro atoms. The zero-order valence-electron chi connectivity index (χ0n) is 13.1. The number of ether oxygens (including phenoxy) is 2. The van der Waals surface area contributed by atoms with Gasteiger partial charge in [-0.25, -0.2) is 9.97 Å². The quantitative estimate of drug-likeness (QED) is 0.915. The van der Waals surface area contributed by atoms with Gasteiger partial charge in [-0.15, -0.1) is 0 Å². The number of aromatic nitrogens is 2. The van der Waals surface area contributed by atoms with Gasteiger partial charge in [0.15, 0.2) is 5.82 Å². The van der Waals surface area contributed by atoms with Gasteiger partial charge in [0.05, 0.1) is 5.69 Å². The monoisotopic (exact) mass is 291 g/mol. The number of nitrogens with zero attached hydrogens (tertiary/aromatic N) is 2. The van der Waals surface area contributed by atoms with Crippen molar-refractivity contribution in [1.29, 1.82) is 0 Å². The Balaban J connectivity index is 2.03. The smallest absolute Gasteiger partial charge is 0.160 e. The summed E-state index contributed by atoms with van der Waals surface area (Å²) in [6.45, 7) is 5.54. The van der Waals surface area contributed by atoms with E-state index >= 15 is 0 Å². The first-order valence-electron chi connectivity index (χ1n) is 8.02. The van der Waals surface area contributed by atoms with Crippen LogP contribution >= 0.6 is 0 Å². The van der Waals surface area contributed by atoms with Crippen molar-refractivity contribution < 1.29 is 9.47 Å². The minimum absolute atomic E-state index is 0.360. The third-order valence-corrected chi connectivity index (χ3v) is 4.60. The minimum Gasteiger partial charge on any atom is -0.381 e. The van der Waals surface area contributed by atoms with E-state index < -0.39 is 0 Å². The van der Waals surface area contributed by atoms with Crippen LogP contribution in [-0.2, 0) is 34.5 Å². The first kappa shape index (κ1) is 14.9. The van der Waals surface area contributed by atoms with Gasteiger partial charge in [-0.2, -0.15) is 0 Å². The zero-order chi connectivity index (χ0) is 14.7. The highest BCUT2D eigenvalue weighted by atomic mass is 16.5. The lowest BCUT2D eigenvalue weighted by atomic mass is 9.91. The number of aryl methyl sites for hydroxylation is 1. The molecule has 5 nitrogen and oxygen atoms in total. The summed E-state index contributed by atoms with van der Waals surface area (Å²) >= 11 is 0. The van der Waals surface area contributed by atoms with Crippen LogP contribution in [-0.4, -0.2) is 36.8 Å². The average molecular weight is 291 g/mol. The minimum atomic E-state index is -0.360. The number of hydrogen-bond acceptors (Lipinski definition) is 5. The summed E-state index contributed by atoms with van der Waals surface area (Å²) in [5, 5.41) is 3.43. The molecular formula is C16H25N3O2. The van der Waals surface area contributed by atoms with Crippen molar-refractivity contribution in [3.8, 4) is 0 Å². The van der Waals surface area contributed by atoms with E-state index in [1.54, 1.807) is 7.11 Å². The number of rotatable bonds is 4. The zero-order valence-corrected chi connectivity index (χ0v) is 13.1. The Labute approximate surface area is 126 Å². The number of hydrogen-bond donors (Lipinski definition) is 1. The lowest BCUT2D eigenvalue weighted by Gasteiger charge is -2.35. The van der Waals surface area contributed by atoms with Crippen molar-refractivity contribution in [3.63, 3.8) is 0 Å². The van der Waals surface area contributed by atoms with Gasteiger partial charge in [0.25, 0.3) is 0 Å². The maximum atomic E-state index is 5.87. The number of methoxy groups -OCH3 is 1. The van der Waals surface area contributed by atoms with Gasteiger partial charge in [-0.1, -0.05) is 13.3 Å². The molecular weight excluding hydrogens is 266 g/mol. The molecule has 1 aromatic heterocycles. The predicted molar refractivity (Wildman–Crippen MR) is 80.2 cm³/mol. The molecule has 116 valence electrons. The summed E-state index contributed by atoms with van der Waals surface area (Å²) in [6.07, 6.45) is 4.78. The highest BCUT2D eigenvalue weighted by Crippen LogP contribution is 2.34. The molecule has 1 fully saturated rings. The fraction of sp³-hybridized carbons (Fsp3) is 0.750. The van der Waals surface area contributed by atoms with Gasteiger partial charge >= 0.3 is 0 Å². The van der Waals surface area contributed by atoms with E-state index in [4.69, 9.17) is 19.4 Å². The maximum Gasteiger partial charge on any atom is 0.160 e. The third-order valence-electron chi connectivity index (χ3n) is 4.60. The van der Waals surface area contributed by atoms with Crippen LogP contribution < -0.4 is 5.32 Å². The summed E-state index contributed by atoms with van der Waals surface area (Å²) in [4.78, 5) is 9.80. The molecule has 1 saturated heterocycles. The first-order chi connectivity index (χ1) is 10.3. The van der Waals surface area contributed by atoms with E-state index in [2.05, 4.69) is 12.2 Å². The van der Waals surface area contributed by atoms with Crippen LogP contribution in [0, 0.1) is 0 Å². The van der Waals surface area contributed by atoms with E-state index in [1.165, 1.54) is 17.0 Å². The molecule has 5 heteroatoms. The molecule has 0 atom stereocenters. The lowest BCUT2D eigenvalue weighted by molar-refractivity contribution is -0.100. The van der Waals surface area contributed by atoms with Gasteiger partial charge in [-0.3, -0.25) is 0 Å². The van der Waals surface area contributed by atoms with Crippen molar-refractivity contribution in [2.75, 3.05) is 26.9 Å². The Morgan fingerprint density at radius 2 is 2.10 bits per heavy atom. The third kappa shape index (κ3) is 2.82. The SMILES string of the molecule is CCCc1nc(C2(OC)CCOCC2)nc2c1CNCC2. The van der Waals surface area contributed by atoms with Gasteiger partial charge in [0, 0.05) is 63.9 Å². The highest BCUT2D eigenvalue weighted by molar-refractivity contribution is 5.30. The van der Waals surface area contributed by atoms with Gasteiger partial charge in [0.2, 0.25) is 0 Å². The second-order valence-electron chi connectivity index (χ2n) is 5.91. The van der Waals surface area contributed by atoms with Crippen molar-refractivity contribution in [3.05, 3.63) is 22.8 Å². The molecule has 1 N–H and O–H groups in total. The van der Waals surface area contributed by atoms with Crippen molar-refractivity contribution in [2.24, 2.45) is 0 Å². The van der Waals surface area contributed by atoms with Gasteiger partial charge < -0.3 is 14.8 Å². The first-order valence-corrected chi connectivity index (χ1v) is 8.02. The molecule has 3 heterocycles. The van der Waals surface area contributed by atoms with Crippen molar-refractivity contribution in [1.82, 2.24) is 15.3 Å². The molecule has 0 aliphatic carbocycles. The standard InChI is InChI=1S/C16H25N3O2/c1-3-4-13-12-11-17-8-5-14(12)19-15(18-13)16(20-2)6-9-21-10-7-16/h17H,3-11H2,1-2H3. The molecule has 0 bridgehead atoms.